The molecule has 5 heteroatoms. The topological polar surface area (TPSA) is 51.5 Å². The Morgan fingerprint density at radius 2 is 1.83 bits per heavy atom. The Morgan fingerprint density at radius 3 is 2.54 bits per heavy atom. The maximum atomic E-state index is 11.9. The summed E-state index contributed by atoms with van der Waals surface area (Å²) >= 11 is 5.95. The predicted octanol–water partition coefficient (Wildman–Crippen LogP) is 4.88. The summed E-state index contributed by atoms with van der Waals surface area (Å²) in [5.41, 5.74) is 1.80. The lowest BCUT2D eigenvalue weighted by Crippen LogP contribution is -2.10. The van der Waals surface area contributed by atoms with E-state index in [1.54, 1.807) is 37.4 Å². The zero-order valence-electron chi connectivity index (χ0n) is 13.1. The van der Waals surface area contributed by atoms with Crippen LogP contribution >= 0.6 is 11.6 Å². The standard InChI is InChI=1S/C19H15ClN2O2/c1-2-24-19(23)22-18(13-7-9-16(20)10-8-13)17-11-14-5-3-4-6-15(14)12-21-17/h3-12H,2H2,1H3/b22-18+. The zero-order valence-corrected chi connectivity index (χ0v) is 13.8. The van der Waals surface area contributed by atoms with Gasteiger partial charge < -0.3 is 4.74 Å². The molecule has 120 valence electrons. The maximum absolute atomic E-state index is 11.9. The van der Waals surface area contributed by atoms with Crippen LogP contribution in [-0.2, 0) is 4.74 Å². The van der Waals surface area contributed by atoms with Gasteiger partial charge in [-0.15, -0.1) is 0 Å². The quantitative estimate of drug-likeness (QED) is 0.639. The fourth-order valence-corrected chi connectivity index (χ4v) is 2.46. The molecule has 4 nitrogen and oxygen atoms in total. The molecular weight excluding hydrogens is 324 g/mol. The minimum absolute atomic E-state index is 0.265. The summed E-state index contributed by atoms with van der Waals surface area (Å²) in [5, 5.41) is 2.65. The first-order chi connectivity index (χ1) is 11.7. The lowest BCUT2D eigenvalue weighted by molar-refractivity contribution is 0.163. The third-order valence-corrected chi connectivity index (χ3v) is 3.71. The van der Waals surface area contributed by atoms with E-state index in [-0.39, 0.29) is 6.61 Å². The molecule has 2 aromatic carbocycles. The third-order valence-electron chi connectivity index (χ3n) is 3.46. The van der Waals surface area contributed by atoms with Crippen molar-refractivity contribution in [1.29, 1.82) is 0 Å². The van der Waals surface area contributed by atoms with E-state index in [9.17, 15) is 4.79 Å². The number of pyridine rings is 1. The predicted molar refractivity (Wildman–Crippen MR) is 95.9 cm³/mol. The molecule has 24 heavy (non-hydrogen) atoms. The van der Waals surface area contributed by atoms with E-state index in [0.717, 1.165) is 16.3 Å². The highest BCUT2D eigenvalue weighted by molar-refractivity contribution is 6.30. The molecule has 0 saturated heterocycles. The van der Waals surface area contributed by atoms with Crippen LogP contribution in [0.3, 0.4) is 0 Å². The van der Waals surface area contributed by atoms with E-state index in [0.29, 0.717) is 16.4 Å². The fourth-order valence-electron chi connectivity index (χ4n) is 2.34. The summed E-state index contributed by atoms with van der Waals surface area (Å²) in [6.45, 7) is 2.00. The normalized spacial score (nSPS) is 11.5. The van der Waals surface area contributed by atoms with Gasteiger partial charge in [0.2, 0.25) is 0 Å². The van der Waals surface area contributed by atoms with E-state index < -0.39 is 6.09 Å². The van der Waals surface area contributed by atoms with Crippen molar-refractivity contribution >= 4 is 34.2 Å². The van der Waals surface area contributed by atoms with Crippen LogP contribution in [0.5, 0.6) is 0 Å². The SMILES string of the molecule is CCOC(=O)/N=C(\c1ccc(Cl)cc1)c1cc2ccccc2cn1. The molecule has 3 aromatic rings. The number of benzene rings is 2. The van der Waals surface area contributed by atoms with Crippen molar-refractivity contribution in [1.82, 2.24) is 4.98 Å². The van der Waals surface area contributed by atoms with E-state index in [2.05, 4.69) is 9.98 Å². The van der Waals surface area contributed by atoms with Crippen LogP contribution in [-0.4, -0.2) is 23.4 Å². The number of carbonyl (C=O) groups is 1. The Labute approximate surface area is 144 Å². The largest absolute Gasteiger partial charge is 0.448 e. The highest BCUT2D eigenvalue weighted by Gasteiger charge is 2.12. The van der Waals surface area contributed by atoms with E-state index in [4.69, 9.17) is 16.3 Å². The average molecular weight is 339 g/mol. The number of fused-ring (bicyclic) bond motifs is 1. The van der Waals surface area contributed by atoms with Gasteiger partial charge in [-0.25, -0.2) is 4.79 Å². The van der Waals surface area contributed by atoms with Crippen LogP contribution in [0.15, 0.2) is 65.8 Å². The molecule has 0 unspecified atom stereocenters. The molecule has 1 aromatic heterocycles. The van der Waals surface area contributed by atoms with Gasteiger partial charge in [0.1, 0.15) is 5.71 Å². The summed E-state index contributed by atoms with van der Waals surface area (Å²) in [5.74, 6) is 0. The van der Waals surface area contributed by atoms with E-state index in [1.807, 2.05) is 30.3 Å². The Balaban J connectivity index is 2.11. The van der Waals surface area contributed by atoms with Gasteiger partial charge in [-0.3, -0.25) is 4.98 Å². The number of aromatic nitrogens is 1. The number of ether oxygens (including phenoxy) is 1. The summed E-state index contributed by atoms with van der Waals surface area (Å²) < 4.78 is 4.95. The second-order valence-corrected chi connectivity index (χ2v) is 5.52. The molecule has 1 amide bonds. The fraction of sp³-hybridized carbons (Fsp3) is 0.105. The van der Waals surface area contributed by atoms with Crippen molar-refractivity contribution < 1.29 is 9.53 Å². The average Bonchev–Trinajstić information content (AvgIpc) is 2.60. The number of carbonyl (C=O) groups excluding carboxylic acids is 1. The Bertz CT molecular complexity index is 905. The Morgan fingerprint density at radius 1 is 1.12 bits per heavy atom. The third kappa shape index (κ3) is 3.60. The van der Waals surface area contributed by atoms with Crippen molar-refractivity contribution in [3.05, 3.63) is 77.1 Å². The summed E-state index contributed by atoms with van der Waals surface area (Å²) in [6, 6.07) is 16.9. The molecule has 0 radical (unpaired) electrons. The van der Waals surface area contributed by atoms with Gasteiger partial charge in [0, 0.05) is 22.2 Å². The van der Waals surface area contributed by atoms with E-state index >= 15 is 0 Å². The number of hydrogen-bond acceptors (Lipinski definition) is 3. The van der Waals surface area contributed by atoms with Crippen LogP contribution in [0, 0.1) is 0 Å². The molecule has 1 heterocycles. The second-order valence-electron chi connectivity index (χ2n) is 5.08. The molecule has 0 aliphatic carbocycles. The van der Waals surface area contributed by atoms with Crippen LogP contribution < -0.4 is 0 Å². The van der Waals surface area contributed by atoms with Gasteiger partial charge in [0.25, 0.3) is 0 Å². The molecule has 0 atom stereocenters. The molecule has 0 bridgehead atoms. The summed E-state index contributed by atoms with van der Waals surface area (Å²) in [7, 11) is 0. The number of hydrogen-bond donors (Lipinski definition) is 0. The van der Waals surface area contributed by atoms with Gasteiger partial charge in [0.05, 0.1) is 12.3 Å². The van der Waals surface area contributed by atoms with Gasteiger partial charge in [-0.1, -0.05) is 48.0 Å². The minimum Gasteiger partial charge on any atom is -0.448 e. The number of halogens is 1. The molecule has 0 aliphatic heterocycles. The van der Waals surface area contributed by atoms with Crippen LogP contribution in [0.25, 0.3) is 10.8 Å². The van der Waals surface area contributed by atoms with Gasteiger partial charge in [-0.2, -0.15) is 4.99 Å². The monoisotopic (exact) mass is 338 g/mol. The molecule has 0 saturated carbocycles. The van der Waals surface area contributed by atoms with Gasteiger partial charge in [0.15, 0.2) is 0 Å². The summed E-state index contributed by atoms with van der Waals surface area (Å²) in [6.07, 6.45) is 1.12. The van der Waals surface area contributed by atoms with Crippen LogP contribution in [0.2, 0.25) is 5.02 Å². The maximum Gasteiger partial charge on any atom is 0.434 e. The van der Waals surface area contributed by atoms with Gasteiger partial charge in [-0.05, 0) is 30.5 Å². The van der Waals surface area contributed by atoms with Crippen molar-refractivity contribution in [2.24, 2.45) is 4.99 Å². The van der Waals surface area contributed by atoms with Crippen molar-refractivity contribution in [2.45, 2.75) is 6.92 Å². The summed E-state index contributed by atoms with van der Waals surface area (Å²) in [4.78, 5) is 20.4. The Hall–Kier alpha value is -2.72. The van der Waals surface area contributed by atoms with Crippen LogP contribution in [0.4, 0.5) is 4.79 Å². The van der Waals surface area contributed by atoms with Crippen molar-refractivity contribution in [2.75, 3.05) is 6.61 Å². The van der Waals surface area contributed by atoms with E-state index in [1.165, 1.54) is 0 Å². The van der Waals surface area contributed by atoms with Gasteiger partial charge >= 0.3 is 6.09 Å². The lowest BCUT2D eigenvalue weighted by Gasteiger charge is -2.08. The number of rotatable bonds is 3. The first-order valence-electron chi connectivity index (χ1n) is 7.54. The lowest BCUT2D eigenvalue weighted by atomic mass is 10.0. The highest BCUT2D eigenvalue weighted by atomic mass is 35.5. The van der Waals surface area contributed by atoms with Crippen molar-refractivity contribution in [3.8, 4) is 0 Å². The molecule has 0 fully saturated rings. The number of nitrogens with zero attached hydrogens (tertiary/aromatic N) is 2. The number of amides is 1. The zero-order chi connectivity index (χ0) is 16.9. The number of aliphatic imine (C=N–C) groups is 1. The first kappa shape index (κ1) is 16.1. The molecule has 0 spiro atoms. The molecule has 3 rings (SSSR count). The van der Waals surface area contributed by atoms with Crippen molar-refractivity contribution in [3.63, 3.8) is 0 Å². The second kappa shape index (κ2) is 7.23. The van der Waals surface area contributed by atoms with Crippen LogP contribution in [0.1, 0.15) is 18.2 Å². The first-order valence-corrected chi connectivity index (χ1v) is 7.91. The molecule has 0 N–H and O–H groups in total. The highest BCUT2D eigenvalue weighted by Crippen LogP contribution is 2.18. The molecular formula is C19H15ClN2O2. The molecule has 0 aliphatic rings. The Kier molecular flexibility index (Phi) is 4.87. The minimum atomic E-state index is -0.641. The smallest absolute Gasteiger partial charge is 0.434 e.